The minimum atomic E-state index is -3.59. The molecule has 0 bridgehead atoms. The van der Waals surface area contributed by atoms with Crippen molar-refractivity contribution >= 4 is 22.1 Å². The summed E-state index contributed by atoms with van der Waals surface area (Å²) in [6.07, 6.45) is 6.02. The van der Waals surface area contributed by atoms with Gasteiger partial charge in [0.15, 0.2) is 0 Å². The van der Waals surface area contributed by atoms with Gasteiger partial charge in [-0.05, 0) is 36.0 Å². The number of pyridine rings is 1. The highest BCUT2D eigenvalue weighted by Crippen LogP contribution is 2.38. The molecule has 21 heavy (non-hydrogen) atoms. The molecule has 1 aliphatic carbocycles. The molecule has 0 amide bonds. The SMILES string of the molecule is CC1CC1CN(C)S(=O)(=O)c1cncc(C=CC(=O)O)c1. The van der Waals surface area contributed by atoms with Gasteiger partial charge in [0.2, 0.25) is 10.0 Å². The Hall–Kier alpha value is -1.73. The van der Waals surface area contributed by atoms with E-state index in [9.17, 15) is 13.2 Å². The fourth-order valence-corrected chi connectivity index (χ4v) is 3.32. The first-order valence-electron chi connectivity index (χ1n) is 6.63. The molecule has 2 unspecified atom stereocenters. The lowest BCUT2D eigenvalue weighted by Gasteiger charge is -2.17. The maximum absolute atomic E-state index is 12.4. The van der Waals surface area contributed by atoms with E-state index in [-0.39, 0.29) is 4.90 Å². The molecule has 0 spiro atoms. The molecule has 1 aromatic heterocycles. The average Bonchev–Trinajstić information content (AvgIpc) is 3.12. The molecule has 1 aromatic rings. The van der Waals surface area contributed by atoms with Crippen molar-refractivity contribution in [2.75, 3.05) is 13.6 Å². The van der Waals surface area contributed by atoms with Crippen LogP contribution in [-0.2, 0) is 14.8 Å². The summed E-state index contributed by atoms with van der Waals surface area (Å²) in [6, 6.07) is 1.43. The topological polar surface area (TPSA) is 87.6 Å². The summed E-state index contributed by atoms with van der Waals surface area (Å²) in [6.45, 7) is 2.60. The molecule has 7 heteroatoms. The Kier molecular flexibility index (Phi) is 4.43. The summed E-state index contributed by atoms with van der Waals surface area (Å²) < 4.78 is 26.2. The summed E-state index contributed by atoms with van der Waals surface area (Å²) in [4.78, 5) is 14.4. The number of hydrogen-bond donors (Lipinski definition) is 1. The minimum Gasteiger partial charge on any atom is -0.478 e. The fourth-order valence-electron chi connectivity index (χ4n) is 2.10. The molecule has 1 heterocycles. The van der Waals surface area contributed by atoms with Crippen molar-refractivity contribution < 1.29 is 18.3 Å². The molecule has 6 nitrogen and oxygen atoms in total. The second kappa shape index (κ2) is 5.95. The number of aliphatic carboxylic acids is 1. The largest absolute Gasteiger partial charge is 0.478 e. The highest BCUT2D eigenvalue weighted by atomic mass is 32.2. The van der Waals surface area contributed by atoms with Gasteiger partial charge in [-0.1, -0.05) is 6.92 Å². The number of carboxylic acids is 1. The molecule has 1 N–H and O–H groups in total. The zero-order chi connectivity index (χ0) is 15.6. The predicted octanol–water partition coefficient (Wildman–Crippen LogP) is 1.46. The zero-order valence-corrected chi connectivity index (χ0v) is 12.7. The lowest BCUT2D eigenvalue weighted by molar-refractivity contribution is -0.131. The molecule has 2 atom stereocenters. The summed E-state index contributed by atoms with van der Waals surface area (Å²) in [5, 5.41) is 8.59. The van der Waals surface area contributed by atoms with Gasteiger partial charge in [0.1, 0.15) is 4.90 Å². The number of aromatic nitrogens is 1. The first-order valence-corrected chi connectivity index (χ1v) is 8.07. The maximum Gasteiger partial charge on any atom is 0.328 e. The van der Waals surface area contributed by atoms with Crippen LogP contribution in [0.1, 0.15) is 18.9 Å². The summed E-state index contributed by atoms with van der Waals surface area (Å²) >= 11 is 0. The Morgan fingerprint density at radius 1 is 1.52 bits per heavy atom. The van der Waals surface area contributed by atoms with Crippen LogP contribution < -0.4 is 0 Å². The van der Waals surface area contributed by atoms with E-state index in [1.807, 2.05) is 0 Å². The van der Waals surface area contributed by atoms with Crippen LogP contribution >= 0.6 is 0 Å². The van der Waals surface area contributed by atoms with Crippen LogP contribution in [0.2, 0.25) is 0 Å². The lowest BCUT2D eigenvalue weighted by Crippen LogP contribution is -2.29. The number of rotatable bonds is 6. The normalized spacial score (nSPS) is 21.9. The van der Waals surface area contributed by atoms with Crippen LogP contribution in [0.4, 0.5) is 0 Å². The van der Waals surface area contributed by atoms with E-state index in [1.165, 1.54) is 28.8 Å². The molecule has 1 aliphatic rings. The van der Waals surface area contributed by atoms with Gasteiger partial charge in [0.25, 0.3) is 0 Å². The standard InChI is InChI=1S/C14H18N2O4S/c1-10-5-12(10)9-16(2)21(19,20)13-6-11(7-15-8-13)3-4-14(17)18/h3-4,6-8,10,12H,5,9H2,1-2H3,(H,17,18). The van der Waals surface area contributed by atoms with E-state index in [0.717, 1.165) is 12.5 Å². The molecule has 1 saturated carbocycles. The molecular formula is C14H18N2O4S. The van der Waals surface area contributed by atoms with Gasteiger partial charge in [-0.15, -0.1) is 0 Å². The van der Waals surface area contributed by atoms with Crippen molar-refractivity contribution in [3.8, 4) is 0 Å². The van der Waals surface area contributed by atoms with Crippen molar-refractivity contribution in [2.24, 2.45) is 11.8 Å². The summed E-state index contributed by atoms with van der Waals surface area (Å²) in [5.74, 6) is -0.0958. The predicted molar refractivity (Wildman–Crippen MR) is 78.0 cm³/mol. The van der Waals surface area contributed by atoms with Gasteiger partial charge < -0.3 is 5.11 Å². The number of carboxylic acid groups (broad SMARTS) is 1. The molecule has 2 rings (SSSR count). The van der Waals surface area contributed by atoms with E-state index in [2.05, 4.69) is 11.9 Å². The summed E-state index contributed by atoms with van der Waals surface area (Å²) in [5.41, 5.74) is 0.437. The Bertz CT molecular complexity index is 669. The van der Waals surface area contributed by atoms with Crippen LogP contribution in [0.15, 0.2) is 29.4 Å². The van der Waals surface area contributed by atoms with Crippen LogP contribution in [0.25, 0.3) is 6.08 Å². The van der Waals surface area contributed by atoms with Crippen molar-refractivity contribution in [1.82, 2.24) is 9.29 Å². The quantitative estimate of drug-likeness (QED) is 0.804. The molecule has 114 valence electrons. The highest BCUT2D eigenvalue weighted by Gasteiger charge is 2.36. The Balaban J connectivity index is 2.19. The number of carbonyl (C=O) groups is 1. The number of nitrogens with zero attached hydrogens (tertiary/aromatic N) is 2. The van der Waals surface area contributed by atoms with Crippen molar-refractivity contribution in [2.45, 2.75) is 18.2 Å². The van der Waals surface area contributed by atoms with Crippen LogP contribution in [-0.4, -0.2) is 42.4 Å². The third-order valence-electron chi connectivity index (χ3n) is 3.63. The summed E-state index contributed by atoms with van der Waals surface area (Å²) in [7, 11) is -2.03. The average molecular weight is 310 g/mol. The molecule has 0 saturated heterocycles. The van der Waals surface area contributed by atoms with Crippen LogP contribution in [0, 0.1) is 11.8 Å². The molecule has 0 aliphatic heterocycles. The van der Waals surface area contributed by atoms with Gasteiger partial charge in [-0.2, -0.15) is 0 Å². The Labute approximate surface area is 124 Å². The lowest BCUT2D eigenvalue weighted by atomic mass is 10.2. The van der Waals surface area contributed by atoms with E-state index in [1.54, 1.807) is 7.05 Å². The molecule has 1 fully saturated rings. The van der Waals surface area contributed by atoms with E-state index < -0.39 is 16.0 Å². The zero-order valence-electron chi connectivity index (χ0n) is 11.9. The molecule has 0 radical (unpaired) electrons. The number of hydrogen-bond acceptors (Lipinski definition) is 4. The van der Waals surface area contributed by atoms with Crippen molar-refractivity contribution in [1.29, 1.82) is 0 Å². The minimum absolute atomic E-state index is 0.0749. The van der Waals surface area contributed by atoms with E-state index >= 15 is 0 Å². The smallest absolute Gasteiger partial charge is 0.328 e. The van der Waals surface area contributed by atoms with E-state index in [0.29, 0.717) is 23.9 Å². The second-order valence-corrected chi connectivity index (χ2v) is 7.43. The maximum atomic E-state index is 12.4. The second-order valence-electron chi connectivity index (χ2n) is 5.38. The third kappa shape index (κ3) is 3.89. The first-order chi connectivity index (χ1) is 9.80. The van der Waals surface area contributed by atoms with Gasteiger partial charge in [0.05, 0.1) is 0 Å². The fraction of sp³-hybridized carbons (Fsp3) is 0.429. The number of sulfonamides is 1. The Morgan fingerprint density at radius 2 is 2.19 bits per heavy atom. The highest BCUT2D eigenvalue weighted by molar-refractivity contribution is 7.89. The van der Waals surface area contributed by atoms with Crippen molar-refractivity contribution in [3.05, 3.63) is 30.1 Å². The van der Waals surface area contributed by atoms with Crippen molar-refractivity contribution in [3.63, 3.8) is 0 Å². The van der Waals surface area contributed by atoms with E-state index in [4.69, 9.17) is 5.11 Å². The Morgan fingerprint density at radius 3 is 2.76 bits per heavy atom. The van der Waals surface area contributed by atoms with Gasteiger partial charge in [0, 0.05) is 32.1 Å². The van der Waals surface area contributed by atoms with Gasteiger partial charge in [-0.25, -0.2) is 17.5 Å². The first kappa shape index (κ1) is 15.7. The molecule has 0 aromatic carbocycles. The van der Waals surface area contributed by atoms with Crippen LogP contribution in [0.3, 0.4) is 0 Å². The third-order valence-corrected chi connectivity index (χ3v) is 5.42. The van der Waals surface area contributed by atoms with Gasteiger partial charge >= 0.3 is 5.97 Å². The van der Waals surface area contributed by atoms with Gasteiger partial charge in [-0.3, -0.25) is 4.98 Å². The molecular weight excluding hydrogens is 292 g/mol. The van der Waals surface area contributed by atoms with Crippen LogP contribution in [0.5, 0.6) is 0 Å². The monoisotopic (exact) mass is 310 g/mol.